The molecule has 1 aliphatic carbocycles. The maximum absolute atomic E-state index is 11.8. The van der Waals surface area contributed by atoms with Crippen LogP contribution in [0.3, 0.4) is 0 Å². The maximum atomic E-state index is 11.8. The lowest BCUT2D eigenvalue weighted by Gasteiger charge is -2.08. The lowest BCUT2D eigenvalue weighted by Crippen LogP contribution is -2.06. The lowest BCUT2D eigenvalue weighted by atomic mass is 10.1. The smallest absolute Gasteiger partial charge is 0.177 e. The Balaban J connectivity index is 2.08. The molecule has 0 N–H and O–H groups in total. The zero-order valence-electron chi connectivity index (χ0n) is 8.66. The van der Waals surface area contributed by atoms with Crippen molar-refractivity contribution in [2.75, 3.05) is 13.2 Å². The standard InChI is InChI=1S/C12H11BrO3/c13-9-4-7-5-10-11(6-8(7)12(9)14)16-3-1-2-15-10/h5-6,9H,1-4H2. The van der Waals surface area contributed by atoms with Crippen LogP contribution >= 0.6 is 15.9 Å². The van der Waals surface area contributed by atoms with Crippen LogP contribution in [0, 0.1) is 0 Å². The van der Waals surface area contributed by atoms with E-state index in [1.54, 1.807) is 0 Å². The molecule has 1 aromatic rings. The summed E-state index contributed by atoms with van der Waals surface area (Å²) in [4.78, 5) is 11.7. The molecule has 1 unspecified atom stereocenters. The van der Waals surface area contributed by atoms with E-state index in [0.29, 0.717) is 19.0 Å². The molecule has 0 aromatic heterocycles. The number of hydrogen-bond donors (Lipinski definition) is 0. The van der Waals surface area contributed by atoms with Gasteiger partial charge in [-0.2, -0.15) is 0 Å². The van der Waals surface area contributed by atoms with Gasteiger partial charge in [0.05, 0.1) is 18.0 Å². The second kappa shape index (κ2) is 3.77. The van der Waals surface area contributed by atoms with Crippen molar-refractivity contribution in [1.29, 1.82) is 0 Å². The summed E-state index contributed by atoms with van der Waals surface area (Å²) < 4.78 is 11.2. The highest BCUT2D eigenvalue weighted by Gasteiger charge is 2.30. The summed E-state index contributed by atoms with van der Waals surface area (Å²) in [6, 6.07) is 3.76. The molecule has 0 saturated carbocycles. The molecule has 0 bridgehead atoms. The molecular formula is C12H11BrO3. The first-order valence-corrected chi connectivity index (χ1v) is 6.28. The van der Waals surface area contributed by atoms with E-state index in [9.17, 15) is 4.79 Å². The van der Waals surface area contributed by atoms with Crippen LogP contribution in [-0.2, 0) is 6.42 Å². The number of carbonyl (C=O) groups is 1. The number of Topliss-reactive ketones (excluding diaryl/α,β-unsaturated/α-hetero) is 1. The second-order valence-corrected chi connectivity index (χ2v) is 5.15. The average Bonchev–Trinajstić information content (AvgIpc) is 2.48. The predicted molar refractivity (Wildman–Crippen MR) is 62.8 cm³/mol. The molecule has 16 heavy (non-hydrogen) atoms. The van der Waals surface area contributed by atoms with Gasteiger partial charge in [-0.1, -0.05) is 15.9 Å². The van der Waals surface area contributed by atoms with Crippen LogP contribution in [-0.4, -0.2) is 23.8 Å². The zero-order chi connectivity index (χ0) is 11.1. The summed E-state index contributed by atoms with van der Waals surface area (Å²) in [7, 11) is 0. The molecule has 0 fully saturated rings. The Hall–Kier alpha value is -1.03. The van der Waals surface area contributed by atoms with E-state index in [1.807, 2.05) is 12.1 Å². The minimum absolute atomic E-state index is 0.0893. The van der Waals surface area contributed by atoms with Gasteiger partial charge in [-0.25, -0.2) is 0 Å². The van der Waals surface area contributed by atoms with Crippen molar-refractivity contribution < 1.29 is 14.3 Å². The first kappa shape index (κ1) is 10.1. The molecule has 1 atom stereocenters. The van der Waals surface area contributed by atoms with Crippen molar-refractivity contribution in [3.63, 3.8) is 0 Å². The normalized spacial score (nSPS) is 22.8. The quantitative estimate of drug-likeness (QED) is 0.686. The number of rotatable bonds is 0. The molecule has 1 aromatic carbocycles. The number of alkyl halides is 1. The largest absolute Gasteiger partial charge is 0.490 e. The molecular weight excluding hydrogens is 272 g/mol. The van der Waals surface area contributed by atoms with Crippen LogP contribution in [0.5, 0.6) is 11.5 Å². The third kappa shape index (κ3) is 1.52. The third-order valence-corrected chi connectivity index (χ3v) is 3.66. The average molecular weight is 283 g/mol. The van der Waals surface area contributed by atoms with E-state index in [1.165, 1.54) is 0 Å². The number of carbonyl (C=O) groups excluding carboxylic acids is 1. The van der Waals surface area contributed by atoms with Gasteiger partial charge < -0.3 is 9.47 Å². The van der Waals surface area contributed by atoms with Gasteiger partial charge in [0.25, 0.3) is 0 Å². The van der Waals surface area contributed by atoms with Crippen molar-refractivity contribution in [1.82, 2.24) is 0 Å². The third-order valence-electron chi connectivity index (χ3n) is 2.92. The topological polar surface area (TPSA) is 35.5 Å². The Kier molecular flexibility index (Phi) is 2.39. The van der Waals surface area contributed by atoms with Crippen LogP contribution in [0.4, 0.5) is 0 Å². The first-order valence-electron chi connectivity index (χ1n) is 5.36. The number of halogens is 1. The second-order valence-electron chi connectivity index (χ2n) is 4.04. The van der Waals surface area contributed by atoms with Crippen molar-refractivity contribution in [3.05, 3.63) is 23.3 Å². The molecule has 0 spiro atoms. The van der Waals surface area contributed by atoms with E-state index in [-0.39, 0.29) is 10.6 Å². The Morgan fingerprint density at radius 3 is 2.62 bits per heavy atom. The minimum atomic E-state index is -0.0893. The van der Waals surface area contributed by atoms with Crippen LogP contribution < -0.4 is 9.47 Å². The SMILES string of the molecule is O=C1c2cc3c(cc2CC1Br)OCCCO3. The molecule has 2 aliphatic rings. The van der Waals surface area contributed by atoms with Crippen LogP contribution in [0.15, 0.2) is 12.1 Å². The number of fused-ring (bicyclic) bond motifs is 2. The van der Waals surface area contributed by atoms with Gasteiger partial charge in [-0.3, -0.25) is 4.79 Å². The van der Waals surface area contributed by atoms with Crippen LogP contribution in [0.2, 0.25) is 0 Å². The molecule has 84 valence electrons. The highest BCUT2D eigenvalue weighted by Crippen LogP contribution is 2.37. The molecule has 1 heterocycles. The van der Waals surface area contributed by atoms with Crippen molar-refractivity contribution in [2.45, 2.75) is 17.7 Å². The van der Waals surface area contributed by atoms with Gasteiger partial charge >= 0.3 is 0 Å². The minimum Gasteiger partial charge on any atom is -0.490 e. The van der Waals surface area contributed by atoms with E-state index in [0.717, 1.165) is 29.7 Å². The van der Waals surface area contributed by atoms with E-state index in [4.69, 9.17) is 9.47 Å². The monoisotopic (exact) mass is 282 g/mol. The van der Waals surface area contributed by atoms with E-state index in [2.05, 4.69) is 15.9 Å². The lowest BCUT2D eigenvalue weighted by molar-refractivity contribution is 0.100. The number of benzene rings is 1. The summed E-state index contributed by atoms with van der Waals surface area (Å²) in [5.41, 5.74) is 1.82. The van der Waals surface area contributed by atoms with Gasteiger partial charge in [0.1, 0.15) is 0 Å². The Bertz CT molecular complexity index is 456. The van der Waals surface area contributed by atoms with Gasteiger partial charge in [0, 0.05) is 12.0 Å². The van der Waals surface area contributed by atoms with Crippen molar-refractivity contribution in [2.24, 2.45) is 0 Å². The fraction of sp³-hybridized carbons (Fsp3) is 0.417. The highest BCUT2D eigenvalue weighted by molar-refractivity contribution is 9.10. The van der Waals surface area contributed by atoms with E-state index >= 15 is 0 Å². The number of hydrogen-bond acceptors (Lipinski definition) is 3. The fourth-order valence-electron chi connectivity index (χ4n) is 2.10. The summed E-state index contributed by atoms with van der Waals surface area (Å²) in [5, 5.41) is 0. The predicted octanol–water partition coefficient (Wildman–Crippen LogP) is 2.35. The summed E-state index contributed by atoms with van der Waals surface area (Å²) in [6.45, 7) is 1.33. The Morgan fingerprint density at radius 2 is 1.88 bits per heavy atom. The number of ether oxygens (including phenoxy) is 2. The zero-order valence-corrected chi connectivity index (χ0v) is 10.2. The molecule has 1 aliphatic heterocycles. The van der Waals surface area contributed by atoms with Gasteiger partial charge in [0.2, 0.25) is 0 Å². The van der Waals surface area contributed by atoms with Crippen molar-refractivity contribution >= 4 is 21.7 Å². The Labute approximate surface area is 102 Å². The summed E-state index contributed by atoms with van der Waals surface area (Å²) in [5.74, 6) is 1.61. The van der Waals surface area contributed by atoms with Crippen LogP contribution in [0.1, 0.15) is 22.3 Å². The van der Waals surface area contributed by atoms with Crippen molar-refractivity contribution in [3.8, 4) is 11.5 Å². The summed E-state index contributed by atoms with van der Waals surface area (Å²) in [6.07, 6.45) is 1.62. The molecule has 0 saturated heterocycles. The number of ketones is 1. The summed E-state index contributed by atoms with van der Waals surface area (Å²) >= 11 is 3.38. The van der Waals surface area contributed by atoms with Gasteiger partial charge in [-0.05, 0) is 24.1 Å². The molecule has 4 heteroatoms. The first-order chi connectivity index (χ1) is 7.75. The fourth-order valence-corrected chi connectivity index (χ4v) is 2.70. The van der Waals surface area contributed by atoms with Gasteiger partial charge in [-0.15, -0.1) is 0 Å². The van der Waals surface area contributed by atoms with E-state index < -0.39 is 0 Å². The Morgan fingerprint density at radius 1 is 1.19 bits per heavy atom. The van der Waals surface area contributed by atoms with Crippen LogP contribution in [0.25, 0.3) is 0 Å². The molecule has 0 amide bonds. The van der Waals surface area contributed by atoms with Gasteiger partial charge in [0.15, 0.2) is 17.3 Å². The highest BCUT2D eigenvalue weighted by atomic mass is 79.9. The molecule has 3 nitrogen and oxygen atoms in total. The maximum Gasteiger partial charge on any atom is 0.177 e. The molecule has 3 rings (SSSR count). The molecule has 0 radical (unpaired) electrons.